The van der Waals surface area contributed by atoms with Gasteiger partial charge in [0.25, 0.3) is 0 Å². The van der Waals surface area contributed by atoms with Crippen LogP contribution in [0.2, 0.25) is 0 Å². The van der Waals surface area contributed by atoms with E-state index in [1.807, 2.05) is 12.4 Å². The van der Waals surface area contributed by atoms with Crippen molar-refractivity contribution in [3.8, 4) is 0 Å². The van der Waals surface area contributed by atoms with Gasteiger partial charge in [0.15, 0.2) is 0 Å². The first kappa shape index (κ1) is 17.1. The molecular formula is C22H34N4. The maximum absolute atomic E-state index is 4.53. The molecule has 1 saturated heterocycles. The van der Waals surface area contributed by atoms with E-state index in [1.165, 1.54) is 51.0 Å². The lowest BCUT2D eigenvalue weighted by atomic mass is 9.52. The lowest BCUT2D eigenvalue weighted by Gasteiger charge is -2.61. The summed E-state index contributed by atoms with van der Waals surface area (Å²) in [6.07, 6.45) is 15.4. The van der Waals surface area contributed by atoms with Crippen LogP contribution in [0.4, 0.5) is 0 Å². The van der Waals surface area contributed by atoms with E-state index in [9.17, 15) is 0 Å². The second kappa shape index (κ2) is 6.87. The van der Waals surface area contributed by atoms with Crippen molar-refractivity contribution in [2.45, 2.75) is 70.4 Å². The number of aryl methyl sites for hydroxylation is 1. The fourth-order valence-corrected chi connectivity index (χ4v) is 6.91. The SMILES string of the molecule is CCCc1ncc(CN2CCN(C34CC5CC(CC(C5)C3)C4)CC2)cn1. The van der Waals surface area contributed by atoms with Gasteiger partial charge in [-0.05, 0) is 62.7 Å². The molecule has 6 rings (SSSR count). The molecule has 4 saturated carbocycles. The number of piperazine rings is 1. The molecule has 1 aromatic rings. The van der Waals surface area contributed by atoms with Gasteiger partial charge in [0.2, 0.25) is 0 Å². The van der Waals surface area contributed by atoms with Gasteiger partial charge in [0.05, 0.1) is 0 Å². The predicted octanol–water partition coefficient (Wildman–Crippen LogP) is 3.52. The maximum atomic E-state index is 4.53. The highest BCUT2D eigenvalue weighted by atomic mass is 15.3. The van der Waals surface area contributed by atoms with E-state index in [0.29, 0.717) is 5.54 Å². The summed E-state index contributed by atoms with van der Waals surface area (Å²) in [5, 5.41) is 0. The fourth-order valence-electron chi connectivity index (χ4n) is 6.91. The molecule has 0 amide bonds. The Morgan fingerprint density at radius 2 is 1.50 bits per heavy atom. The van der Waals surface area contributed by atoms with Gasteiger partial charge in [-0.25, -0.2) is 9.97 Å². The zero-order chi connectivity index (χ0) is 17.6. The number of hydrogen-bond donors (Lipinski definition) is 0. The Balaban J connectivity index is 1.18. The summed E-state index contributed by atoms with van der Waals surface area (Å²) in [4.78, 5) is 14.6. The molecule has 0 unspecified atom stereocenters. The van der Waals surface area contributed by atoms with Crippen LogP contribution >= 0.6 is 0 Å². The Morgan fingerprint density at radius 3 is 2.04 bits per heavy atom. The van der Waals surface area contributed by atoms with Crippen molar-refractivity contribution in [2.24, 2.45) is 17.8 Å². The summed E-state index contributed by atoms with van der Waals surface area (Å²) in [7, 11) is 0. The third-order valence-electron chi connectivity index (χ3n) is 7.69. The minimum atomic E-state index is 0.589. The standard InChI is InChI=1S/C22H34N4/c1-2-3-21-23-14-20(15-24-21)16-25-4-6-26(7-5-25)22-11-17-8-18(12-22)10-19(9-17)13-22/h14-15,17-19H,2-13,16H2,1H3. The zero-order valence-corrected chi connectivity index (χ0v) is 16.4. The van der Waals surface area contributed by atoms with Crippen LogP contribution in [0.3, 0.4) is 0 Å². The molecule has 0 spiro atoms. The summed E-state index contributed by atoms with van der Waals surface area (Å²) in [5.41, 5.74) is 1.86. The molecule has 0 atom stereocenters. The largest absolute Gasteiger partial charge is 0.296 e. The van der Waals surface area contributed by atoms with Gasteiger partial charge in [-0.1, -0.05) is 6.92 Å². The first-order valence-corrected chi connectivity index (χ1v) is 11.0. The Kier molecular flexibility index (Phi) is 4.52. The van der Waals surface area contributed by atoms with Gasteiger partial charge < -0.3 is 0 Å². The molecule has 0 N–H and O–H groups in total. The van der Waals surface area contributed by atoms with E-state index >= 15 is 0 Å². The minimum absolute atomic E-state index is 0.589. The number of aromatic nitrogens is 2. The lowest BCUT2D eigenvalue weighted by molar-refractivity contribution is -0.101. The topological polar surface area (TPSA) is 32.3 Å². The van der Waals surface area contributed by atoms with Crippen molar-refractivity contribution in [3.05, 3.63) is 23.8 Å². The van der Waals surface area contributed by atoms with Crippen LogP contribution in [0.5, 0.6) is 0 Å². The van der Waals surface area contributed by atoms with E-state index in [-0.39, 0.29) is 0 Å². The molecule has 1 aliphatic heterocycles. The highest BCUT2D eigenvalue weighted by molar-refractivity contribution is 5.09. The Hall–Kier alpha value is -1.00. The van der Waals surface area contributed by atoms with Crippen LogP contribution in [0, 0.1) is 17.8 Å². The Bertz CT molecular complexity index is 582. The van der Waals surface area contributed by atoms with Gasteiger partial charge in [-0.15, -0.1) is 0 Å². The van der Waals surface area contributed by atoms with E-state index in [1.54, 1.807) is 19.3 Å². The molecule has 5 aliphatic rings. The third-order valence-corrected chi connectivity index (χ3v) is 7.69. The molecule has 4 heteroatoms. The van der Waals surface area contributed by atoms with Crippen LogP contribution in [-0.2, 0) is 13.0 Å². The number of hydrogen-bond acceptors (Lipinski definition) is 4. The number of rotatable bonds is 5. The summed E-state index contributed by atoms with van der Waals surface area (Å²) < 4.78 is 0. The first-order valence-electron chi connectivity index (χ1n) is 11.0. The van der Waals surface area contributed by atoms with Crippen molar-refractivity contribution < 1.29 is 0 Å². The van der Waals surface area contributed by atoms with Crippen LogP contribution in [0.1, 0.15) is 63.3 Å². The zero-order valence-electron chi connectivity index (χ0n) is 16.4. The van der Waals surface area contributed by atoms with Gasteiger partial charge in [-0.2, -0.15) is 0 Å². The van der Waals surface area contributed by atoms with Crippen LogP contribution < -0.4 is 0 Å². The van der Waals surface area contributed by atoms with Crippen molar-refractivity contribution in [3.63, 3.8) is 0 Å². The Morgan fingerprint density at radius 1 is 0.923 bits per heavy atom. The van der Waals surface area contributed by atoms with Gasteiger partial charge in [0.1, 0.15) is 5.82 Å². The molecule has 4 nitrogen and oxygen atoms in total. The van der Waals surface area contributed by atoms with Crippen molar-refractivity contribution in [1.82, 2.24) is 19.8 Å². The van der Waals surface area contributed by atoms with Crippen LogP contribution in [0.15, 0.2) is 12.4 Å². The molecule has 5 fully saturated rings. The van der Waals surface area contributed by atoms with E-state index in [0.717, 1.165) is 43.0 Å². The molecule has 142 valence electrons. The van der Waals surface area contributed by atoms with Gasteiger partial charge in [0, 0.05) is 62.6 Å². The molecule has 26 heavy (non-hydrogen) atoms. The molecule has 2 heterocycles. The minimum Gasteiger partial charge on any atom is -0.296 e. The summed E-state index contributed by atoms with van der Waals surface area (Å²) in [6.45, 7) is 8.14. The molecular weight excluding hydrogens is 320 g/mol. The lowest BCUT2D eigenvalue weighted by Crippen LogP contribution is -2.63. The quantitative estimate of drug-likeness (QED) is 0.810. The molecule has 1 aromatic heterocycles. The third kappa shape index (κ3) is 3.20. The van der Waals surface area contributed by atoms with Crippen molar-refractivity contribution >= 4 is 0 Å². The summed E-state index contributed by atoms with van der Waals surface area (Å²) >= 11 is 0. The average Bonchev–Trinajstić information content (AvgIpc) is 2.63. The average molecular weight is 355 g/mol. The second-order valence-corrected chi connectivity index (χ2v) is 9.66. The summed E-state index contributed by atoms with van der Waals surface area (Å²) in [5.74, 6) is 4.15. The summed E-state index contributed by atoms with van der Waals surface area (Å²) in [6, 6.07) is 0. The predicted molar refractivity (Wildman–Crippen MR) is 104 cm³/mol. The van der Waals surface area contributed by atoms with Crippen LogP contribution in [-0.4, -0.2) is 51.5 Å². The van der Waals surface area contributed by atoms with Crippen molar-refractivity contribution in [1.29, 1.82) is 0 Å². The normalized spacial score (nSPS) is 37.3. The molecule has 0 radical (unpaired) electrons. The van der Waals surface area contributed by atoms with Gasteiger partial charge >= 0.3 is 0 Å². The molecule has 4 bridgehead atoms. The smallest absolute Gasteiger partial charge is 0.128 e. The van der Waals surface area contributed by atoms with E-state index < -0.39 is 0 Å². The first-order chi connectivity index (χ1) is 12.7. The second-order valence-electron chi connectivity index (χ2n) is 9.66. The van der Waals surface area contributed by atoms with Gasteiger partial charge in [-0.3, -0.25) is 9.80 Å². The highest BCUT2D eigenvalue weighted by Gasteiger charge is 2.53. The van der Waals surface area contributed by atoms with E-state index in [4.69, 9.17) is 0 Å². The monoisotopic (exact) mass is 354 g/mol. The molecule has 4 aliphatic carbocycles. The maximum Gasteiger partial charge on any atom is 0.128 e. The highest BCUT2D eigenvalue weighted by Crippen LogP contribution is 2.57. The fraction of sp³-hybridized carbons (Fsp3) is 0.818. The van der Waals surface area contributed by atoms with Crippen molar-refractivity contribution in [2.75, 3.05) is 26.2 Å². The number of nitrogens with zero attached hydrogens (tertiary/aromatic N) is 4. The van der Waals surface area contributed by atoms with Crippen LogP contribution in [0.25, 0.3) is 0 Å². The Labute approximate surface area is 158 Å². The van der Waals surface area contributed by atoms with E-state index in [2.05, 4.69) is 26.7 Å². The molecule has 0 aromatic carbocycles.